The Hall–Kier alpha value is -3.09. The molecule has 2 aromatic heterocycles. The van der Waals surface area contributed by atoms with Gasteiger partial charge in [0.2, 0.25) is 0 Å². The molecule has 136 valence electrons. The number of imidazole rings is 2. The SMILES string of the molecule is CCn1cnc(Cn2ccnc2-c2ccc3c(c2)CC(C)O3)c1.O=CO. The summed E-state index contributed by atoms with van der Waals surface area (Å²) < 4.78 is 10.0. The number of aromatic nitrogens is 4. The van der Waals surface area contributed by atoms with E-state index in [1.807, 2.05) is 18.7 Å². The van der Waals surface area contributed by atoms with Crippen LogP contribution in [-0.4, -0.2) is 36.8 Å². The number of hydrogen-bond donors (Lipinski definition) is 1. The monoisotopic (exact) mass is 354 g/mol. The smallest absolute Gasteiger partial charge is 0.290 e. The third kappa shape index (κ3) is 3.77. The minimum absolute atomic E-state index is 0.250. The van der Waals surface area contributed by atoms with Crippen LogP contribution in [0, 0.1) is 0 Å². The number of benzene rings is 1. The van der Waals surface area contributed by atoms with Crippen LogP contribution in [0.25, 0.3) is 11.4 Å². The fourth-order valence-corrected chi connectivity index (χ4v) is 3.09. The molecule has 1 atom stereocenters. The molecule has 7 heteroatoms. The van der Waals surface area contributed by atoms with Crippen LogP contribution in [0.4, 0.5) is 0 Å². The third-order valence-corrected chi connectivity index (χ3v) is 4.25. The molecule has 1 aliphatic heterocycles. The van der Waals surface area contributed by atoms with Gasteiger partial charge in [0, 0.05) is 37.1 Å². The van der Waals surface area contributed by atoms with Gasteiger partial charge in [0.05, 0.1) is 18.6 Å². The Morgan fingerprint density at radius 2 is 2.19 bits per heavy atom. The molecule has 0 fully saturated rings. The van der Waals surface area contributed by atoms with Crippen LogP contribution in [0.15, 0.2) is 43.1 Å². The van der Waals surface area contributed by atoms with Gasteiger partial charge in [0.1, 0.15) is 17.7 Å². The second-order valence-electron chi connectivity index (χ2n) is 6.13. The molecule has 0 saturated carbocycles. The number of aryl methyl sites for hydroxylation is 1. The van der Waals surface area contributed by atoms with E-state index in [0.717, 1.165) is 42.3 Å². The van der Waals surface area contributed by atoms with E-state index >= 15 is 0 Å². The Kier molecular flexibility index (Phi) is 5.36. The highest BCUT2D eigenvalue weighted by Gasteiger charge is 2.20. The topological polar surface area (TPSA) is 82.2 Å². The van der Waals surface area contributed by atoms with Gasteiger partial charge in [-0.3, -0.25) is 4.79 Å². The van der Waals surface area contributed by atoms with E-state index in [1.165, 1.54) is 5.56 Å². The fourth-order valence-electron chi connectivity index (χ4n) is 3.09. The van der Waals surface area contributed by atoms with Gasteiger partial charge in [-0.2, -0.15) is 0 Å². The minimum atomic E-state index is -0.250. The maximum atomic E-state index is 8.36. The number of ether oxygens (including phenoxy) is 1. The summed E-state index contributed by atoms with van der Waals surface area (Å²) in [5, 5.41) is 6.89. The molecule has 0 spiro atoms. The van der Waals surface area contributed by atoms with Gasteiger partial charge < -0.3 is 19.0 Å². The van der Waals surface area contributed by atoms with Crippen molar-refractivity contribution in [2.75, 3.05) is 0 Å². The fraction of sp³-hybridized carbons (Fsp3) is 0.316. The first-order valence-electron chi connectivity index (χ1n) is 8.54. The van der Waals surface area contributed by atoms with Gasteiger partial charge in [-0.25, -0.2) is 9.97 Å². The number of fused-ring (bicyclic) bond motifs is 1. The first kappa shape index (κ1) is 17.7. The lowest BCUT2D eigenvalue weighted by atomic mass is 10.1. The first-order chi connectivity index (χ1) is 12.6. The Morgan fingerprint density at radius 3 is 2.92 bits per heavy atom. The second kappa shape index (κ2) is 7.86. The predicted molar refractivity (Wildman–Crippen MR) is 97.2 cm³/mol. The number of hydrogen-bond acceptors (Lipinski definition) is 4. The van der Waals surface area contributed by atoms with Gasteiger partial charge in [0.15, 0.2) is 0 Å². The number of carboxylic acid groups (broad SMARTS) is 1. The van der Waals surface area contributed by atoms with Crippen molar-refractivity contribution in [1.29, 1.82) is 0 Å². The molecular weight excluding hydrogens is 332 g/mol. The van der Waals surface area contributed by atoms with E-state index in [9.17, 15) is 0 Å². The molecule has 0 radical (unpaired) electrons. The molecule has 1 aliphatic rings. The lowest BCUT2D eigenvalue weighted by Gasteiger charge is -2.08. The minimum Gasteiger partial charge on any atom is -0.490 e. The number of carbonyl (C=O) groups is 1. The molecule has 0 amide bonds. The zero-order valence-corrected chi connectivity index (χ0v) is 14.9. The second-order valence-corrected chi connectivity index (χ2v) is 6.13. The van der Waals surface area contributed by atoms with Crippen molar-refractivity contribution >= 4 is 6.47 Å². The average molecular weight is 354 g/mol. The van der Waals surface area contributed by atoms with Crippen LogP contribution in [0.5, 0.6) is 5.75 Å². The maximum Gasteiger partial charge on any atom is 0.290 e. The molecule has 0 bridgehead atoms. The first-order valence-corrected chi connectivity index (χ1v) is 8.54. The molecule has 0 saturated heterocycles. The van der Waals surface area contributed by atoms with Crippen LogP contribution < -0.4 is 4.74 Å². The summed E-state index contributed by atoms with van der Waals surface area (Å²) in [7, 11) is 0. The largest absolute Gasteiger partial charge is 0.490 e. The molecule has 1 unspecified atom stereocenters. The van der Waals surface area contributed by atoms with Gasteiger partial charge in [0.25, 0.3) is 6.47 Å². The molecular formula is C19H22N4O3. The van der Waals surface area contributed by atoms with Crippen LogP contribution >= 0.6 is 0 Å². The summed E-state index contributed by atoms with van der Waals surface area (Å²) >= 11 is 0. The van der Waals surface area contributed by atoms with Gasteiger partial charge in [-0.15, -0.1) is 0 Å². The number of nitrogens with zero attached hydrogens (tertiary/aromatic N) is 4. The quantitative estimate of drug-likeness (QED) is 0.729. The highest BCUT2D eigenvalue weighted by Crippen LogP contribution is 2.32. The average Bonchev–Trinajstić information content (AvgIpc) is 3.34. The molecule has 26 heavy (non-hydrogen) atoms. The van der Waals surface area contributed by atoms with Crippen molar-refractivity contribution in [1.82, 2.24) is 19.1 Å². The Bertz CT molecular complexity index is 885. The normalized spacial score (nSPS) is 14.9. The van der Waals surface area contributed by atoms with Gasteiger partial charge in [-0.05, 0) is 37.6 Å². The summed E-state index contributed by atoms with van der Waals surface area (Å²) in [6, 6.07) is 6.33. The van der Waals surface area contributed by atoms with E-state index in [-0.39, 0.29) is 12.6 Å². The third-order valence-electron chi connectivity index (χ3n) is 4.25. The van der Waals surface area contributed by atoms with Crippen molar-refractivity contribution in [2.45, 2.75) is 39.5 Å². The van der Waals surface area contributed by atoms with Crippen LogP contribution in [0.3, 0.4) is 0 Å². The van der Waals surface area contributed by atoms with Gasteiger partial charge >= 0.3 is 0 Å². The lowest BCUT2D eigenvalue weighted by molar-refractivity contribution is -0.122. The van der Waals surface area contributed by atoms with E-state index in [1.54, 1.807) is 0 Å². The predicted octanol–water partition coefficient (Wildman–Crippen LogP) is 2.84. The van der Waals surface area contributed by atoms with Crippen LogP contribution in [0.1, 0.15) is 25.1 Å². The van der Waals surface area contributed by atoms with E-state index < -0.39 is 0 Å². The molecule has 4 rings (SSSR count). The van der Waals surface area contributed by atoms with Crippen molar-refractivity contribution < 1.29 is 14.6 Å². The summed E-state index contributed by atoms with van der Waals surface area (Å²) in [4.78, 5) is 17.4. The Morgan fingerprint density at radius 1 is 1.38 bits per heavy atom. The van der Waals surface area contributed by atoms with E-state index in [0.29, 0.717) is 0 Å². The molecule has 1 N–H and O–H groups in total. The van der Waals surface area contributed by atoms with E-state index in [4.69, 9.17) is 14.6 Å². The summed E-state index contributed by atoms with van der Waals surface area (Å²) in [6.45, 7) is 5.63. The van der Waals surface area contributed by atoms with E-state index in [2.05, 4.69) is 57.3 Å². The Balaban J connectivity index is 0.000000613. The Labute approximate surface area is 151 Å². The molecule has 7 nitrogen and oxygen atoms in total. The molecule has 0 aliphatic carbocycles. The highest BCUT2D eigenvalue weighted by molar-refractivity contribution is 5.60. The van der Waals surface area contributed by atoms with Crippen LogP contribution in [0.2, 0.25) is 0 Å². The highest BCUT2D eigenvalue weighted by atomic mass is 16.5. The molecule has 3 heterocycles. The van der Waals surface area contributed by atoms with Crippen molar-refractivity contribution in [2.24, 2.45) is 0 Å². The standard InChI is InChI=1S/C18H20N4O.CH2O2/c1-3-21-10-16(20-12-21)11-22-7-6-19-18(22)14-4-5-17-15(9-14)8-13(2)23-17;2-1-3/h4-7,9-10,12-13H,3,8,11H2,1-2H3;1H,(H,2,3). The zero-order chi connectivity index (χ0) is 18.5. The van der Waals surface area contributed by atoms with Crippen molar-refractivity contribution in [3.8, 4) is 17.1 Å². The summed E-state index contributed by atoms with van der Waals surface area (Å²) in [6.07, 6.45) is 9.04. The maximum absolute atomic E-state index is 8.36. The van der Waals surface area contributed by atoms with Gasteiger partial charge in [-0.1, -0.05) is 0 Å². The summed E-state index contributed by atoms with van der Waals surface area (Å²) in [5.74, 6) is 1.97. The van der Waals surface area contributed by atoms with Crippen molar-refractivity contribution in [3.05, 3.63) is 54.4 Å². The molecule has 3 aromatic rings. The van der Waals surface area contributed by atoms with Crippen LogP contribution in [-0.2, 0) is 24.3 Å². The summed E-state index contributed by atoms with van der Waals surface area (Å²) in [5.41, 5.74) is 3.44. The lowest BCUT2D eigenvalue weighted by Crippen LogP contribution is -2.05. The molecule has 1 aromatic carbocycles. The number of rotatable bonds is 4. The van der Waals surface area contributed by atoms with Crippen molar-refractivity contribution in [3.63, 3.8) is 0 Å². The zero-order valence-electron chi connectivity index (χ0n) is 14.9.